The quantitative estimate of drug-likeness (QED) is 0.483. The van der Waals surface area contributed by atoms with Crippen molar-refractivity contribution in [2.75, 3.05) is 11.1 Å². The molecule has 2 aromatic heterocycles. The summed E-state index contributed by atoms with van der Waals surface area (Å²) in [6.07, 6.45) is 3.12. The third-order valence-electron chi connectivity index (χ3n) is 4.37. The molecule has 0 spiro atoms. The predicted molar refractivity (Wildman–Crippen MR) is 110 cm³/mol. The first kappa shape index (κ1) is 17.8. The lowest BCUT2D eigenvalue weighted by molar-refractivity contribution is -0.113. The minimum atomic E-state index is -0.125. The average molecular weight is 450 g/mol. The Morgan fingerprint density at radius 1 is 1.35 bits per heavy atom. The predicted octanol–water partition coefficient (Wildman–Crippen LogP) is 3.98. The summed E-state index contributed by atoms with van der Waals surface area (Å²) >= 11 is 6.27. The maximum Gasteiger partial charge on any atom is 0.262 e. The van der Waals surface area contributed by atoms with E-state index in [4.69, 9.17) is 0 Å². The molecule has 5 nitrogen and oxygen atoms in total. The molecule has 1 aliphatic carbocycles. The van der Waals surface area contributed by atoms with Gasteiger partial charge in [0, 0.05) is 22.1 Å². The van der Waals surface area contributed by atoms with Crippen LogP contribution in [-0.4, -0.2) is 21.2 Å². The van der Waals surface area contributed by atoms with Gasteiger partial charge in [0.1, 0.15) is 4.83 Å². The van der Waals surface area contributed by atoms with Gasteiger partial charge in [-0.3, -0.25) is 14.2 Å². The zero-order valence-corrected chi connectivity index (χ0v) is 17.3. The zero-order valence-electron chi connectivity index (χ0n) is 14.0. The Hall–Kier alpha value is -1.64. The Labute approximate surface area is 167 Å². The first-order valence-electron chi connectivity index (χ1n) is 8.22. The third-order valence-corrected chi connectivity index (χ3v) is 7.11. The van der Waals surface area contributed by atoms with E-state index < -0.39 is 0 Å². The van der Waals surface area contributed by atoms with Crippen LogP contribution in [0.4, 0.5) is 5.69 Å². The second kappa shape index (κ2) is 7.17. The Balaban J connectivity index is 1.52. The smallest absolute Gasteiger partial charge is 0.262 e. The van der Waals surface area contributed by atoms with Gasteiger partial charge in [-0.2, -0.15) is 0 Å². The molecular weight excluding hydrogens is 434 g/mol. The number of aryl methyl sites for hydroxylation is 2. The average Bonchev–Trinajstić information content (AvgIpc) is 3.19. The van der Waals surface area contributed by atoms with Gasteiger partial charge in [-0.1, -0.05) is 27.7 Å². The number of anilines is 1. The topological polar surface area (TPSA) is 64.0 Å². The monoisotopic (exact) mass is 449 g/mol. The number of amides is 1. The standard InChI is InChI=1S/C18H16BrN3O2S2/c1-22-17(24)15-12-3-2-4-13(12)26-16(15)21-18(22)25-9-14(23)20-11-7-5-10(19)6-8-11/h5-8H,2-4,9H2,1H3,(H,20,23). The lowest BCUT2D eigenvalue weighted by atomic mass is 10.2. The van der Waals surface area contributed by atoms with Gasteiger partial charge in [-0.25, -0.2) is 4.98 Å². The second-order valence-electron chi connectivity index (χ2n) is 6.14. The second-order valence-corrected chi connectivity index (χ2v) is 9.08. The first-order valence-corrected chi connectivity index (χ1v) is 10.8. The van der Waals surface area contributed by atoms with Crippen LogP contribution in [0.2, 0.25) is 0 Å². The van der Waals surface area contributed by atoms with Crippen LogP contribution in [0.15, 0.2) is 38.7 Å². The summed E-state index contributed by atoms with van der Waals surface area (Å²) in [6, 6.07) is 7.41. The third kappa shape index (κ3) is 3.33. The molecule has 4 rings (SSSR count). The molecule has 0 saturated carbocycles. The molecule has 1 aliphatic rings. The number of carbonyl (C=O) groups is 1. The fraction of sp³-hybridized carbons (Fsp3) is 0.278. The summed E-state index contributed by atoms with van der Waals surface area (Å²) in [5.74, 6) is 0.0766. The number of nitrogens with one attached hydrogen (secondary N) is 1. The molecule has 26 heavy (non-hydrogen) atoms. The molecule has 0 atom stereocenters. The molecule has 1 N–H and O–H groups in total. The van der Waals surface area contributed by atoms with E-state index in [0.717, 1.165) is 39.6 Å². The summed E-state index contributed by atoms with van der Waals surface area (Å²) in [6.45, 7) is 0. The van der Waals surface area contributed by atoms with E-state index in [-0.39, 0.29) is 17.2 Å². The molecule has 0 radical (unpaired) electrons. The van der Waals surface area contributed by atoms with Crippen molar-refractivity contribution in [3.8, 4) is 0 Å². The van der Waals surface area contributed by atoms with Crippen molar-refractivity contribution in [1.29, 1.82) is 0 Å². The van der Waals surface area contributed by atoms with Crippen molar-refractivity contribution >= 4 is 60.8 Å². The first-order chi connectivity index (χ1) is 12.5. The zero-order chi connectivity index (χ0) is 18.3. The molecule has 8 heteroatoms. The van der Waals surface area contributed by atoms with E-state index in [1.807, 2.05) is 24.3 Å². The van der Waals surface area contributed by atoms with Gasteiger partial charge in [0.15, 0.2) is 5.16 Å². The van der Waals surface area contributed by atoms with E-state index in [2.05, 4.69) is 26.2 Å². The van der Waals surface area contributed by atoms with Crippen LogP contribution < -0.4 is 10.9 Å². The van der Waals surface area contributed by atoms with Gasteiger partial charge in [0.2, 0.25) is 5.91 Å². The van der Waals surface area contributed by atoms with Crippen molar-refractivity contribution in [2.45, 2.75) is 24.4 Å². The van der Waals surface area contributed by atoms with E-state index in [1.165, 1.54) is 22.2 Å². The fourth-order valence-electron chi connectivity index (χ4n) is 3.10. The highest BCUT2D eigenvalue weighted by atomic mass is 79.9. The van der Waals surface area contributed by atoms with Crippen molar-refractivity contribution in [3.63, 3.8) is 0 Å². The van der Waals surface area contributed by atoms with Crippen LogP contribution in [0.1, 0.15) is 16.9 Å². The van der Waals surface area contributed by atoms with Crippen molar-refractivity contribution in [3.05, 3.63) is 49.5 Å². The molecule has 134 valence electrons. The largest absolute Gasteiger partial charge is 0.325 e. The Morgan fingerprint density at radius 2 is 2.12 bits per heavy atom. The lowest BCUT2D eigenvalue weighted by Crippen LogP contribution is -2.21. The number of thioether (sulfide) groups is 1. The number of rotatable bonds is 4. The fourth-order valence-corrected chi connectivity index (χ4v) is 5.43. The SMILES string of the molecule is Cn1c(SCC(=O)Nc2ccc(Br)cc2)nc2sc3c(c2c1=O)CCC3. The minimum absolute atomic E-state index is 0.00906. The van der Waals surface area contributed by atoms with Crippen LogP contribution in [0.25, 0.3) is 10.2 Å². The minimum Gasteiger partial charge on any atom is -0.325 e. The van der Waals surface area contributed by atoms with Gasteiger partial charge < -0.3 is 5.32 Å². The van der Waals surface area contributed by atoms with Gasteiger partial charge in [-0.15, -0.1) is 11.3 Å². The number of nitrogens with zero attached hydrogens (tertiary/aromatic N) is 2. The molecule has 0 fully saturated rings. The summed E-state index contributed by atoms with van der Waals surface area (Å²) < 4.78 is 2.52. The Kier molecular flexibility index (Phi) is 4.90. The molecule has 0 saturated heterocycles. The molecule has 0 unspecified atom stereocenters. The molecule has 0 bridgehead atoms. The number of aromatic nitrogens is 2. The van der Waals surface area contributed by atoms with Gasteiger partial charge in [0.05, 0.1) is 11.1 Å². The maximum absolute atomic E-state index is 12.7. The van der Waals surface area contributed by atoms with Crippen LogP contribution in [0, 0.1) is 0 Å². The highest BCUT2D eigenvalue weighted by Crippen LogP contribution is 2.35. The van der Waals surface area contributed by atoms with Crippen LogP contribution in [0.5, 0.6) is 0 Å². The summed E-state index contributed by atoms with van der Waals surface area (Å²) in [7, 11) is 1.72. The van der Waals surface area contributed by atoms with Crippen LogP contribution >= 0.6 is 39.0 Å². The van der Waals surface area contributed by atoms with Crippen molar-refractivity contribution in [1.82, 2.24) is 9.55 Å². The highest BCUT2D eigenvalue weighted by Gasteiger charge is 2.22. The molecule has 1 aromatic carbocycles. The Morgan fingerprint density at radius 3 is 2.88 bits per heavy atom. The number of carbonyl (C=O) groups excluding carboxylic acids is 1. The molecule has 0 aliphatic heterocycles. The molecule has 1 amide bonds. The van der Waals surface area contributed by atoms with E-state index in [9.17, 15) is 9.59 Å². The van der Waals surface area contributed by atoms with Crippen molar-refractivity contribution < 1.29 is 4.79 Å². The van der Waals surface area contributed by atoms with E-state index >= 15 is 0 Å². The van der Waals surface area contributed by atoms with Crippen molar-refractivity contribution in [2.24, 2.45) is 7.05 Å². The molecular formula is C18H16BrN3O2S2. The van der Waals surface area contributed by atoms with Crippen LogP contribution in [0.3, 0.4) is 0 Å². The van der Waals surface area contributed by atoms with E-state index in [0.29, 0.717) is 5.16 Å². The van der Waals surface area contributed by atoms with Crippen LogP contribution in [-0.2, 0) is 24.7 Å². The summed E-state index contributed by atoms with van der Waals surface area (Å²) in [5, 5.41) is 4.20. The lowest BCUT2D eigenvalue weighted by Gasteiger charge is -2.08. The molecule has 3 aromatic rings. The van der Waals surface area contributed by atoms with Gasteiger partial charge in [-0.05, 0) is 49.1 Å². The summed E-state index contributed by atoms with van der Waals surface area (Å²) in [5.41, 5.74) is 1.92. The molecule has 2 heterocycles. The number of thiophene rings is 1. The van der Waals surface area contributed by atoms with Gasteiger partial charge >= 0.3 is 0 Å². The normalized spacial score (nSPS) is 13.2. The van der Waals surface area contributed by atoms with Gasteiger partial charge in [0.25, 0.3) is 5.56 Å². The number of fused-ring (bicyclic) bond motifs is 3. The highest BCUT2D eigenvalue weighted by molar-refractivity contribution is 9.10. The number of halogens is 1. The number of hydrogen-bond donors (Lipinski definition) is 1. The van der Waals surface area contributed by atoms with E-state index in [1.54, 1.807) is 23.0 Å². The maximum atomic E-state index is 12.7. The number of hydrogen-bond acceptors (Lipinski definition) is 5. The summed E-state index contributed by atoms with van der Waals surface area (Å²) in [4.78, 5) is 31.7. The number of benzene rings is 1. The Bertz CT molecular complexity index is 1060.